The molecule has 50 heavy (non-hydrogen) atoms. The van der Waals surface area contributed by atoms with Crippen molar-refractivity contribution in [2.45, 2.75) is 6.92 Å². The number of aromatic nitrogens is 4. The number of fused-ring (bicyclic) bond motifs is 1. The first-order valence-corrected chi connectivity index (χ1v) is 16.5. The Morgan fingerprint density at radius 3 is 1.54 bits per heavy atom. The Bertz CT molecular complexity index is 2060. The maximum atomic E-state index is 9.87. The molecule has 13 heteroatoms. The Labute approximate surface area is 304 Å². The summed E-state index contributed by atoms with van der Waals surface area (Å²) in [4.78, 5) is 18.1. The van der Waals surface area contributed by atoms with Crippen molar-refractivity contribution in [3.05, 3.63) is 158 Å². The van der Waals surface area contributed by atoms with Gasteiger partial charge in [0.05, 0.1) is 22.8 Å². The molecule has 0 atom stereocenters. The van der Waals surface area contributed by atoms with Crippen molar-refractivity contribution in [2.75, 3.05) is 0 Å². The minimum atomic E-state index is -10.7. The monoisotopic (exact) mass is 900 g/mol. The molecule has 7 rings (SSSR count). The van der Waals surface area contributed by atoms with Gasteiger partial charge in [0.25, 0.3) is 0 Å². The topological polar surface area (TPSA) is 51.6 Å². The zero-order chi connectivity index (χ0) is 34.3. The van der Waals surface area contributed by atoms with Gasteiger partial charge >= 0.3 is 53.1 Å². The van der Waals surface area contributed by atoms with Crippen LogP contribution in [0, 0.1) is 13.0 Å². The summed E-state index contributed by atoms with van der Waals surface area (Å²) in [6.07, 6.45) is 5.48. The molecule has 0 saturated heterocycles. The Morgan fingerprint density at radius 2 is 1.04 bits per heavy atom. The van der Waals surface area contributed by atoms with E-state index in [9.17, 15) is 25.2 Å². The maximum Gasteiger partial charge on any atom is 3.00 e. The second-order valence-corrected chi connectivity index (χ2v) is 12.5. The van der Waals surface area contributed by atoms with Gasteiger partial charge in [-0.15, -0.1) is 35.9 Å². The van der Waals surface area contributed by atoms with Crippen molar-refractivity contribution in [2.24, 2.45) is 0 Å². The van der Waals surface area contributed by atoms with Gasteiger partial charge < -0.3 is 17.4 Å². The summed E-state index contributed by atoms with van der Waals surface area (Å²) in [5.74, 6) is 0. The molecule has 0 saturated carbocycles. The Hall–Kier alpha value is -4.53. The molecule has 0 aliphatic rings. The van der Waals surface area contributed by atoms with Crippen LogP contribution >= 0.6 is 7.81 Å². The van der Waals surface area contributed by atoms with E-state index < -0.39 is 7.81 Å². The van der Waals surface area contributed by atoms with Gasteiger partial charge in [-0.1, -0.05) is 72.3 Å². The number of halogens is 7. The van der Waals surface area contributed by atoms with Gasteiger partial charge in [-0.25, -0.2) is 4.98 Å². The molecule has 0 amide bonds. The number of pyridine rings is 4. The first-order valence-electron chi connectivity index (χ1n) is 14.5. The van der Waals surface area contributed by atoms with Crippen molar-refractivity contribution >= 4 is 18.6 Å². The van der Waals surface area contributed by atoms with Gasteiger partial charge in [0, 0.05) is 18.6 Å². The summed E-state index contributed by atoms with van der Waals surface area (Å²) >= 11 is 0. The molecule has 0 bridgehead atoms. The normalized spacial score (nSPS) is 11.9. The zero-order valence-corrected chi connectivity index (χ0v) is 30.1. The Kier molecular flexibility index (Phi) is 12.8. The third-order valence-electron chi connectivity index (χ3n) is 6.68. The predicted molar refractivity (Wildman–Crippen MR) is 180 cm³/mol. The van der Waals surface area contributed by atoms with Gasteiger partial charge in [0.2, 0.25) is 0 Å². The number of nitrogens with zero attached hydrogens (tertiary/aromatic N) is 4. The van der Waals surface area contributed by atoms with Gasteiger partial charge in [0.1, 0.15) is 0 Å². The van der Waals surface area contributed by atoms with Crippen LogP contribution < -0.4 is 12.4 Å². The van der Waals surface area contributed by atoms with Crippen molar-refractivity contribution in [3.63, 3.8) is 0 Å². The average Bonchev–Trinajstić information content (AvgIpc) is 3.08. The van der Waals surface area contributed by atoms with Crippen LogP contribution in [-0.4, -0.2) is 19.9 Å². The molecule has 3 aromatic carbocycles. The fraction of sp³-hybridized carbons (Fsp3) is 0.0270. The van der Waals surface area contributed by atoms with Gasteiger partial charge in [0.15, 0.2) is 0 Å². The first-order chi connectivity index (χ1) is 22.7. The Balaban J connectivity index is 0.000000233. The van der Waals surface area contributed by atoms with E-state index in [2.05, 4.69) is 82.5 Å². The summed E-state index contributed by atoms with van der Waals surface area (Å²) in [6, 6.07) is 45.8. The van der Waals surface area contributed by atoms with Gasteiger partial charge in [-0.2, -0.15) is 0 Å². The quantitative estimate of drug-likeness (QED) is 0.101. The molecule has 4 nitrogen and oxygen atoms in total. The molecule has 0 aliphatic carbocycles. The standard InChI is InChI=1S/C22H17N3.C15H10N.ClH.F6P.Ir/c1-16-8-10-17(11-9-16)18-14-21(19-6-2-4-12-23-19)25-22(15-18)20-7-3-5-13-24-20;1-2-6-12(7-3-1)15-10-13-8-4-5-9-14(13)11-16-15;;1-7(2,3,4,5)6;/h2-15H,1H3;1-6,8-11H;1H;;/q;-1;;-1;+3/p-1. The van der Waals surface area contributed by atoms with Crippen LogP contribution in [0.3, 0.4) is 0 Å². The smallest absolute Gasteiger partial charge is 1.00 e. The summed E-state index contributed by atoms with van der Waals surface area (Å²) < 4.78 is 59.2. The molecular weight excluding hydrogens is 873 g/mol. The molecule has 0 fully saturated rings. The molecule has 4 heterocycles. The van der Waals surface area contributed by atoms with E-state index in [1.54, 1.807) is 12.4 Å². The number of hydrogen-bond acceptors (Lipinski definition) is 4. The summed E-state index contributed by atoms with van der Waals surface area (Å²) in [5, 5.41) is 2.38. The van der Waals surface area contributed by atoms with Crippen LogP contribution in [0.25, 0.3) is 55.9 Å². The molecule has 0 unspecified atom stereocenters. The maximum absolute atomic E-state index is 10.7. The zero-order valence-electron chi connectivity index (χ0n) is 26.1. The van der Waals surface area contributed by atoms with E-state index in [0.717, 1.165) is 45.2 Å². The summed E-state index contributed by atoms with van der Waals surface area (Å²) in [7, 11) is -10.7. The van der Waals surface area contributed by atoms with E-state index in [1.165, 1.54) is 16.3 Å². The average molecular weight is 900 g/mol. The van der Waals surface area contributed by atoms with Crippen molar-refractivity contribution < 1.29 is 57.7 Å². The number of benzene rings is 3. The Morgan fingerprint density at radius 1 is 0.520 bits per heavy atom. The van der Waals surface area contributed by atoms with Crippen LogP contribution in [0.4, 0.5) is 25.2 Å². The molecule has 258 valence electrons. The number of hydrogen-bond donors (Lipinski definition) is 0. The molecule has 0 N–H and O–H groups in total. The van der Waals surface area contributed by atoms with Crippen LogP contribution in [0.2, 0.25) is 0 Å². The molecule has 7 aromatic rings. The van der Waals surface area contributed by atoms with Crippen molar-refractivity contribution in [3.8, 4) is 45.2 Å². The summed E-state index contributed by atoms with van der Waals surface area (Å²) in [6.45, 7) is 2.09. The van der Waals surface area contributed by atoms with Crippen LogP contribution in [0.1, 0.15) is 5.56 Å². The molecular formula is C37H27ClF6IrN4P. The van der Waals surface area contributed by atoms with E-state index in [4.69, 9.17) is 4.98 Å². The molecule has 0 radical (unpaired) electrons. The largest absolute Gasteiger partial charge is 3.00 e. The van der Waals surface area contributed by atoms with Crippen LogP contribution in [0.5, 0.6) is 0 Å². The first kappa shape index (κ1) is 39.9. The van der Waals surface area contributed by atoms with E-state index >= 15 is 0 Å². The van der Waals surface area contributed by atoms with Gasteiger partial charge in [-0.3, -0.25) is 9.97 Å². The van der Waals surface area contributed by atoms with Crippen LogP contribution in [0.15, 0.2) is 146 Å². The van der Waals surface area contributed by atoms with Crippen LogP contribution in [-0.2, 0) is 20.1 Å². The molecule has 4 aromatic heterocycles. The molecule has 0 spiro atoms. The third-order valence-corrected chi connectivity index (χ3v) is 6.68. The van der Waals surface area contributed by atoms with E-state index in [1.807, 2.05) is 79.0 Å². The van der Waals surface area contributed by atoms with E-state index in [-0.39, 0.29) is 32.5 Å². The third kappa shape index (κ3) is 13.1. The summed E-state index contributed by atoms with van der Waals surface area (Å²) in [5.41, 5.74) is 8.92. The number of aryl methyl sites for hydroxylation is 1. The second kappa shape index (κ2) is 16.0. The minimum absolute atomic E-state index is 0. The van der Waals surface area contributed by atoms with Crippen molar-refractivity contribution in [1.29, 1.82) is 0 Å². The SMILES string of the molecule is Cc1ccc(-c2cc(-c3ccccn3)nc(-c3ccccn3)c2)cc1.F[P-](F)(F)(F)(F)F.[Cl-].[Ir+3].[c-]1ccccc1-c1cc2ccccc2cn1. The van der Waals surface area contributed by atoms with Gasteiger partial charge in [-0.05, 0) is 70.9 Å². The second-order valence-electron chi connectivity index (χ2n) is 10.6. The predicted octanol–water partition coefficient (Wildman–Crippen LogP) is 9.27. The van der Waals surface area contributed by atoms with Crippen molar-refractivity contribution in [1.82, 2.24) is 19.9 Å². The van der Waals surface area contributed by atoms with E-state index in [0.29, 0.717) is 0 Å². The fourth-order valence-corrected chi connectivity index (χ4v) is 4.52. The fourth-order valence-electron chi connectivity index (χ4n) is 4.52. The number of rotatable bonds is 4. The minimum Gasteiger partial charge on any atom is -1.00 e. The molecule has 0 aliphatic heterocycles.